The zero-order chi connectivity index (χ0) is 15.5. The fraction of sp³-hybridized carbons (Fsp3) is 0.625. The van der Waals surface area contributed by atoms with Crippen LogP contribution in [-0.4, -0.2) is 20.1 Å². The smallest absolute Gasteiger partial charge is 0.371 e. The van der Waals surface area contributed by atoms with Gasteiger partial charge in [-0.15, -0.1) is 0 Å². The summed E-state index contributed by atoms with van der Waals surface area (Å²) in [5.74, 6) is 0.588. The minimum atomic E-state index is -4.30. The second-order valence-electron chi connectivity index (χ2n) is 5.73. The van der Waals surface area contributed by atoms with Crippen LogP contribution in [-0.2, 0) is 12.7 Å². The Labute approximate surface area is 124 Å². The molecular weight excluding hydrogens is 277 g/mol. The van der Waals surface area contributed by atoms with E-state index >= 15 is 0 Å². The van der Waals surface area contributed by atoms with Gasteiger partial charge in [-0.2, -0.15) is 13.2 Å². The van der Waals surface area contributed by atoms with Crippen LogP contribution in [0.4, 0.5) is 18.9 Å². The molecule has 1 unspecified atom stereocenters. The lowest BCUT2D eigenvalue weighted by Crippen LogP contribution is -2.35. The first-order valence-electron chi connectivity index (χ1n) is 7.55. The van der Waals surface area contributed by atoms with Gasteiger partial charge in [0, 0.05) is 25.3 Å². The summed E-state index contributed by atoms with van der Waals surface area (Å²) < 4.78 is 39.6. The molecule has 0 saturated carbocycles. The number of piperidine rings is 1. The van der Waals surface area contributed by atoms with Crippen molar-refractivity contribution in [2.75, 3.05) is 25.0 Å². The summed E-state index contributed by atoms with van der Waals surface area (Å²) >= 11 is 0. The molecular formula is C16H23F3N2. The maximum absolute atomic E-state index is 13.2. The number of rotatable bonds is 4. The minimum absolute atomic E-state index is 0.229. The van der Waals surface area contributed by atoms with Gasteiger partial charge in [0.25, 0.3) is 0 Å². The molecule has 21 heavy (non-hydrogen) atoms. The maximum Gasteiger partial charge on any atom is 0.416 e. The molecule has 2 rings (SSSR count). The summed E-state index contributed by atoms with van der Waals surface area (Å²) in [5, 5.41) is 2.80. The van der Waals surface area contributed by atoms with Crippen molar-refractivity contribution >= 4 is 5.69 Å². The van der Waals surface area contributed by atoms with E-state index in [9.17, 15) is 13.2 Å². The van der Waals surface area contributed by atoms with Crippen molar-refractivity contribution < 1.29 is 13.2 Å². The predicted molar refractivity (Wildman–Crippen MR) is 79.4 cm³/mol. The molecule has 5 heteroatoms. The quantitative estimate of drug-likeness (QED) is 0.902. The monoisotopic (exact) mass is 300 g/mol. The highest BCUT2D eigenvalue weighted by atomic mass is 19.4. The molecule has 1 aliphatic heterocycles. The average molecular weight is 300 g/mol. The number of anilines is 1. The highest BCUT2D eigenvalue weighted by Gasteiger charge is 2.34. The van der Waals surface area contributed by atoms with Crippen molar-refractivity contribution in [3.63, 3.8) is 0 Å². The number of nitrogens with zero attached hydrogens (tertiary/aromatic N) is 1. The molecule has 1 N–H and O–H groups in total. The van der Waals surface area contributed by atoms with Crippen molar-refractivity contribution in [2.45, 2.75) is 38.9 Å². The van der Waals surface area contributed by atoms with Gasteiger partial charge in [0.1, 0.15) is 0 Å². The summed E-state index contributed by atoms with van der Waals surface area (Å²) in [6.45, 7) is 4.08. The second-order valence-corrected chi connectivity index (χ2v) is 5.73. The summed E-state index contributed by atoms with van der Waals surface area (Å²) in [5.41, 5.74) is 0.478. The van der Waals surface area contributed by atoms with Crippen LogP contribution in [0.3, 0.4) is 0 Å². The first-order valence-corrected chi connectivity index (χ1v) is 7.55. The van der Waals surface area contributed by atoms with Gasteiger partial charge in [-0.1, -0.05) is 19.4 Å². The van der Waals surface area contributed by atoms with Crippen molar-refractivity contribution in [1.82, 2.24) is 5.32 Å². The van der Waals surface area contributed by atoms with E-state index in [-0.39, 0.29) is 6.54 Å². The zero-order valence-corrected chi connectivity index (χ0v) is 12.6. The van der Waals surface area contributed by atoms with E-state index in [0.29, 0.717) is 17.2 Å². The third-order valence-corrected chi connectivity index (χ3v) is 4.23. The van der Waals surface area contributed by atoms with E-state index in [1.54, 1.807) is 13.1 Å². The lowest BCUT2D eigenvalue weighted by Gasteiger charge is -2.34. The summed E-state index contributed by atoms with van der Waals surface area (Å²) in [6.07, 6.45) is -0.988. The summed E-state index contributed by atoms with van der Waals surface area (Å²) in [4.78, 5) is 2.09. The first kappa shape index (κ1) is 16.1. The van der Waals surface area contributed by atoms with E-state index < -0.39 is 11.7 Å². The fourth-order valence-corrected chi connectivity index (χ4v) is 3.00. The Morgan fingerprint density at radius 2 is 2.10 bits per heavy atom. The van der Waals surface area contributed by atoms with E-state index in [1.807, 2.05) is 6.07 Å². The van der Waals surface area contributed by atoms with Gasteiger partial charge in [0.2, 0.25) is 0 Å². The number of benzene rings is 1. The van der Waals surface area contributed by atoms with Crippen molar-refractivity contribution in [3.8, 4) is 0 Å². The Balaban J connectivity index is 2.28. The summed E-state index contributed by atoms with van der Waals surface area (Å²) in [7, 11) is 1.66. The average Bonchev–Trinajstić information content (AvgIpc) is 2.47. The van der Waals surface area contributed by atoms with Crippen LogP contribution in [0.25, 0.3) is 0 Å². The molecule has 1 heterocycles. The van der Waals surface area contributed by atoms with Crippen LogP contribution in [0.2, 0.25) is 0 Å². The Kier molecular flexibility index (Phi) is 5.14. The standard InChI is InChI=1S/C16H23F3N2/c1-3-12-5-4-8-21(11-12)14-7-6-13(10-20-2)15(9-14)16(17,18)19/h6-7,9,12,20H,3-5,8,10-11H2,1-2H3. The molecule has 1 aliphatic rings. The number of hydrogen-bond donors (Lipinski definition) is 1. The van der Waals surface area contributed by atoms with Crippen LogP contribution < -0.4 is 10.2 Å². The van der Waals surface area contributed by atoms with E-state index in [0.717, 1.165) is 25.9 Å². The van der Waals surface area contributed by atoms with Gasteiger partial charge in [0.15, 0.2) is 0 Å². The molecule has 0 amide bonds. The molecule has 0 bridgehead atoms. The lowest BCUT2D eigenvalue weighted by molar-refractivity contribution is -0.138. The SMILES string of the molecule is CCC1CCCN(c2ccc(CNC)c(C(F)(F)F)c2)C1. The number of halogens is 3. The molecule has 1 atom stereocenters. The number of hydrogen-bond acceptors (Lipinski definition) is 2. The topological polar surface area (TPSA) is 15.3 Å². The molecule has 1 aromatic rings. The molecule has 0 radical (unpaired) electrons. The predicted octanol–water partition coefficient (Wildman–Crippen LogP) is 4.05. The number of nitrogens with one attached hydrogen (secondary N) is 1. The van der Waals surface area contributed by atoms with E-state index in [1.165, 1.54) is 12.5 Å². The first-order chi connectivity index (χ1) is 9.95. The fourth-order valence-electron chi connectivity index (χ4n) is 3.00. The van der Waals surface area contributed by atoms with Crippen molar-refractivity contribution in [1.29, 1.82) is 0 Å². The van der Waals surface area contributed by atoms with Crippen molar-refractivity contribution in [2.24, 2.45) is 5.92 Å². The molecule has 0 spiro atoms. The van der Waals surface area contributed by atoms with Crippen LogP contribution >= 0.6 is 0 Å². The Bertz CT molecular complexity index is 471. The molecule has 1 saturated heterocycles. The van der Waals surface area contributed by atoms with Crippen LogP contribution in [0.1, 0.15) is 37.3 Å². The maximum atomic E-state index is 13.2. The highest BCUT2D eigenvalue weighted by Crippen LogP contribution is 2.35. The molecule has 118 valence electrons. The Hall–Kier alpha value is -1.23. The van der Waals surface area contributed by atoms with Gasteiger partial charge >= 0.3 is 6.18 Å². The third-order valence-electron chi connectivity index (χ3n) is 4.23. The normalized spacial score (nSPS) is 19.9. The van der Waals surface area contributed by atoms with Crippen LogP contribution in [0.15, 0.2) is 18.2 Å². The molecule has 1 fully saturated rings. The molecule has 1 aromatic carbocycles. The van der Waals surface area contributed by atoms with Gasteiger partial charge < -0.3 is 10.2 Å². The van der Waals surface area contributed by atoms with Crippen LogP contribution in [0.5, 0.6) is 0 Å². The zero-order valence-electron chi connectivity index (χ0n) is 12.6. The van der Waals surface area contributed by atoms with Crippen LogP contribution in [0, 0.1) is 5.92 Å². The van der Waals surface area contributed by atoms with Crippen molar-refractivity contribution in [3.05, 3.63) is 29.3 Å². The van der Waals surface area contributed by atoms with E-state index in [4.69, 9.17) is 0 Å². The van der Waals surface area contributed by atoms with Gasteiger partial charge in [0.05, 0.1) is 5.56 Å². The van der Waals surface area contributed by atoms with Gasteiger partial charge in [-0.05, 0) is 43.5 Å². The lowest BCUT2D eigenvalue weighted by atomic mass is 9.95. The summed E-state index contributed by atoms with van der Waals surface area (Å²) in [6, 6.07) is 4.73. The Morgan fingerprint density at radius 1 is 1.33 bits per heavy atom. The molecule has 0 aromatic heterocycles. The second kappa shape index (κ2) is 6.69. The minimum Gasteiger partial charge on any atom is -0.371 e. The molecule has 0 aliphatic carbocycles. The largest absolute Gasteiger partial charge is 0.416 e. The number of alkyl halides is 3. The van der Waals surface area contributed by atoms with Gasteiger partial charge in [-0.3, -0.25) is 0 Å². The molecule has 2 nitrogen and oxygen atoms in total. The third kappa shape index (κ3) is 3.90. The van der Waals surface area contributed by atoms with E-state index in [2.05, 4.69) is 17.1 Å². The van der Waals surface area contributed by atoms with Gasteiger partial charge in [-0.25, -0.2) is 0 Å². The Morgan fingerprint density at radius 3 is 2.71 bits per heavy atom. The highest BCUT2D eigenvalue weighted by molar-refractivity contribution is 5.52.